The molecule has 1 atom stereocenters. The molecule has 0 heterocycles. The maximum absolute atomic E-state index is 3.64. The lowest BCUT2D eigenvalue weighted by Gasteiger charge is -2.28. The summed E-state index contributed by atoms with van der Waals surface area (Å²) in [6.07, 6.45) is 5.44. The Morgan fingerprint density at radius 3 is 2.24 bits per heavy atom. The zero-order chi connectivity index (χ0) is 12.7. The summed E-state index contributed by atoms with van der Waals surface area (Å²) in [5.41, 5.74) is 0. The van der Waals surface area contributed by atoms with E-state index in [9.17, 15) is 0 Å². The van der Waals surface area contributed by atoms with Crippen molar-refractivity contribution < 1.29 is 0 Å². The van der Waals surface area contributed by atoms with Crippen molar-refractivity contribution in [2.75, 3.05) is 26.2 Å². The standard InChI is InChI=1S/C15H32N2/c1-5-14(6-2)12-17(7-3)11-13(4)10-16-15-8-9-15/h13-16H,5-12H2,1-4H3. The lowest BCUT2D eigenvalue weighted by molar-refractivity contribution is 0.204. The summed E-state index contributed by atoms with van der Waals surface area (Å²) in [5, 5.41) is 3.64. The molecule has 1 saturated carbocycles. The summed E-state index contributed by atoms with van der Waals surface area (Å²) in [5.74, 6) is 1.67. The van der Waals surface area contributed by atoms with Crippen LogP contribution in [-0.2, 0) is 0 Å². The van der Waals surface area contributed by atoms with E-state index >= 15 is 0 Å². The van der Waals surface area contributed by atoms with Gasteiger partial charge in [-0.05, 0) is 37.8 Å². The Labute approximate surface area is 108 Å². The van der Waals surface area contributed by atoms with Gasteiger partial charge in [0.1, 0.15) is 0 Å². The van der Waals surface area contributed by atoms with Crippen LogP contribution in [0.1, 0.15) is 53.4 Å². The fourth-order valence-electron chi connectivity index (χ4n) is 2.41. The van der Waals surface area contributed by atoms with Gasteiger partial charge in [-0.1, -0.05) is 40.5 Å². The van der Waals surface area contributed by atoms with Crippen LogP contribution in [0.5, 0.6) is 0 Å². The molecule has 102 valence electrons. The van der Waals surface area contributed by atoms with E-state index in [0.717, 1.165) is 17.9 Å². The highest BCUT2D eigenvalue weighted by atomic mass is 15.1. The second kappa shape index (κ2) is 8.10. The average Bonchev–Trinajstić information content (AvgIpc) is 3.15. The maximum atomic E-state index is 3.64. The van der Waals surface area contributed by atoms with Crippen LogP contribution in [0.4, 0.5) is 0 Å². The van der Waals surface area contributed by atoms with Gasteiger partial charge in [-0.15, -0.1) is 0 Å². The van der Waals surface area contributed by atoms with Crippen LogP contribution in [0.3, 0.4) is 0 Å². The van der Waals surface area contributed by atoms with E-state index in [4.69, 9.17) is 0 Å². The highest BCUT2D eigenvalue weighted by molar-refractivity contribution is 4.81. The Balaban J connectivity index is 2.18. The molecule has 1 aliphatic carbocycles. The second-order valence-corrected chi connectivity index (χ2v) is 5.82. The van der Waals surface area contributed by atoms with Crippen LogP contribution in [0.2, 0.25) is 0 Å². The van der Waals surface area contributed by atoms with Crippen LogP contribution in [-0.4, -0.2) is 37.1 Å². The largest absolute Gasteiger partial charge is 0.314 e. The molecule has 0 amide bonds. The van der Waals surface area contributed by atoms with Crippen molar-refractivity contribution in [2.24, 2.45) is 11.8 Å². The van der Waals surface area contributed by atoms with Crippen molar-refractivity contribution >= 4 is 0 Å². The quantitative estimate of drug-likeness (QED) is 0.631. The van der Waals surface area contributed by atoms with Gasteiger partial charge in [0, 0.05) is 19.1 Å². The minimum Gasteiger partial charge on any atom is -0.314 e. The fourth-order valence-corrected chi connectivity index (χ4v) is 2.41. The molecule has 1 aliphatic rings. The summed E-state index contributed by atoms with van der Waals surface area (Å²) in [4.78, 5) is 2.64. The predicted octanol–water partition coefficient (Wildman–Crippen LogP) is 3.13. The third-order valence-corrected chi connectivity index (χ3v) is 4.02. The summed E-state index contributed by atoms with van der Waals surface area (Å²) in [6, 6.07) is 0.853. The van der Waals surface area contributed by atoms with Gasteiger partial charge in [-0.2, -0.15) is 0 Å². The van der Waals surface area contributed by atoms with Gasteiger partial charge in [-0.25, -0.2) is 0 Å². The van der Waals surface area contributed by atoms with Crippen molar-refractivity contribution in [2.45, 2.75) is 59.4 Å². The first-order chi connectivity index (χ1) is 8.19. The minimum atomic E-state index is 0.782. The molecule has 0 aromatic carbocycles. The molecule has 0 saturated heterocycles. The molecule has 0 spiro atoms. The van der Waals surface area contributed by atoms with Crippen LogP contribution in [0, 0.1) is 11.8 Å². The van der Waals surface area contributed by atoms with E-state index in [2.05, 4.69) is 37.9 Å². The van der Waals surface area contributed by atoms with Gasteiger partial charge >= 0.3 is 0 Å². The summed E-state index contributed by atoms with van der Waals surface area (Å²) in [6.45, 7) is 14.3. The first kappa shape index (κ1) is 15.0. The topological polar surface area (TPSA) is 15.3 Å². The summed E-state index contributed by atoms with van der Waals surface area (Å²) >= 11 is 0. The number of hydrogen-bond acceptors (Lipinski definition) is 2. The number of rotatable bonds is 10. The van der Waals surface area contributed by atoms with Crippen molar-refractivity contribution in [3.05, 3.63) is 0 Å². The molecule has 0 radical (unpaired) electrons. The first-order valence-corrected chi connectivity index (χ1v) is 7.65. The van der Waals surface area contributed by atoms with E-state index in [1.807, 2.05) is 0 Å². The summed E-state index contributed by atoms with van der Waals surface area (Å²) in [7, 11) is 0. The number of nitrogens with one attached hydrogen (secondary N) is 1. The molecule has 0 aromatic heterocycles. The summed E-state index contributed by atoms with van der Waals surface area (Å²) < 4.78 is 0. The van der Waals surface area contributed by atoms with Gasteiger partial charge in [0.15, 0.2) is 0 Å². The molecule has 1 rings (SSSR count). The van der Waals surface area contributed by atoms with E-state index in [-0.39, 0.29) is 0 Å². The smallest absolute Gasteiger partial charge is 0.00683 e. The lowest BCUT2D eigenvalue weighted by Crippen LogP contribution is -2.36. The Kier molecular flexibility index (Phi) is 7.14. The Bertz CT molecular complexity index is 185. The van der Waals surface area contributed by atoms with Crippen molar-refractivity contribution in [3.8, 4) is 0 Å². The van der Waals surface area contributed by atoms with E-state index in [0.29, 0.717) is 0 Å². The third kappa shape index (κ3) is 6.42. The Morgan fingerprint density at radius 1 is 1.12 bits per heavy atom. The van der Waals surface area contributed by atoms with E-state index < -0.39 is 0 Å². The predicted molar refractivity (Wildman–Crippen MR) is 76.4 cm³/mol. The van der Waals surface area contributed by atoms with Gasteiger partial charge in [0.2, 0.25) is 0 Å². The Morgan fingerprint density at radius 2 is 1.76 bits per heavy atom. The SMILES string of the molecule is CCC(CC)CN(CC)CC(C)CNC1CC1. The zero-order valence-corrected chi connectivity index (χ0v) is 12.3. The molecular weight excluding hydrogens is 208 g/mol. The molecule has 17 heavy (non-hydrogen) atoms. The monoisotopic (exact) mass is 240 g/mol. The van der Waals surface area contributed by atoms with Gasteiger partial charge in [0.25, 0.3) is 0 Å². The highest BCUT2D eigenvalue weighted by Crippen LogP contribution is 2.19. The van der Waals surface area contributed by atoms with Crippen molar-refractivity contribution in [1.29, 1.82) is 0 Å². The van der Waals surface area contributed by atoms with Crippen molar-refractivity contribution in [3.63, 3.8) is 0 Å². The molecule has 0 bridgehead atoms. The van der Waals surface area contributed by atoms with Crippen LogP contribution in [0.15, 0.2) is 0 Å². The molecule has 1 N–H and O–H groups in total. The fraction of sp³-hybridized carbons (Fsp3) is 1.00. The van der Waals surface area contributed by atoms with Crippen molar-refractivity contribution in [1.82, 2.24) is 10.2 Å². The first-order valence-electron chi connectivity index (χ1n) is 7.65. The average molecular weight is 240 g/mol. The third-order valence-electron chi connectivity index (χ3n) is 4.02. The second-order valence-electron chi connectivity index (χ2n) is 5.82. The lowest BCUT2D eigenvalue weighted by atomic mass is 10.0. The van der Waals surface area contributed by atoms with E-state index in [1.54, 1.807) is 0 Å². The maximum Gasteiger partial charge on any atom is 0.00683 e. The highest BCUT2D eigenvalue weighted by Gasteiger charge is 2.21. The normalized spacial score (nSPS) is 18.0. The van der Waals surface area contributed by atoms with Gasteiger partial charge in [0.05, 0.1) is 0 Å². The minimum absolute atomic E-state index is 0.782. The zero-order valence-electron chi connectivity index (χ0n) is 12.3. The molecular formula is C15H32N2. The van der Waals surface area contributed by atoms with Crippen LogP contribution >= 0.6 is 0 Å². The molecule has 0 aliphatic heterocycles. The molecule has 2 nitrogen and oxygen atoms in total. The molecule has 2 heteroatoms. The number of nitrogens with zero attached hydrogens (tertiary/aromatic N) is 1. The molecule has 1 unspecified atom stereocenters. The van der Waals surface area contributed by atoms with E-state index in [1.165, 1.54) is 51.9 Å². The van der Waals surface area contributed by atoms with Crippen LogP contribution in [0.25, 0.3) is 0 Å². The van der Waals surface area contributed by atoms with Crippen LogP contribution < -0.4 is 5.32 Å². The van der Waals surface area contributed by atoms with Gasteiger partial charge in [-0.3, -0.25) is 0 Å². The molecule has 1 fully saturated rings. The Hall–Kier alpha value is -0.0800. The molecule has 0 aromatic rings. The van der Waals surface area contributed by atoms with Gasteiger partial charge < -0.3 is 10.2 Å². The number of hydrogen-bond donors (Lipinski definition) is 1.